The Morgan fingerprint density at radius 3 is 2.81 bits per heavy atom. The van der Waals surface area contributed by atoms with E-state index in [0.717, 1.165) is 27.7 Å². The summed E-state index contributed by atoms with van der Waals surface area (Å²) in [5.41, 5.74) is 9.92. The molecule has 26 heavy (non-hydrogen) atoms. The van der Waals surface area contributed by atoms with E-state index in [4.69, 9.17) is 15.7 Å². The van der Waals surface area contributed by atoms with Crippen LogP contribution in [0.1, 0.15) is 26.4 Å². The topological polar surface area (TPSA) is 100 Å². The van der Waals surface area contributed by atoms with Gasteiger partial charge in [-0.15, -0.1) is 11.3 Å². The number of amides is 1. The standard InChI is InChI=1S/C19H16N4O2S/c1-11-14(9-20)18(21)26-17(11)19(24)23-22-10-15-13-6-4-3-5-12(13)7-8-16(15)25-2/h3-8,10H,21H2,1-2H3,(H,23,24)/b22-10-. The number of nitriles is 1. The maximum atomic E-state index is 12.3. The molecule has 0 bridgehead atoms. The molecule has 2 aromatic carbocycles. The molecule has 6 nitrogen and oxygen atoms in total. The molecule has 0 aliphatic heterocycles. The molecule has 0 atom stereocenters. The zero-order chi connectivity index (χ0) is 18.7. The zero-order valence-corrected chi connectivity index (χ0v) is 15.1. The van der Waals surface area contributed by atoms with E-state index in [0.29, 0.717) is 26.8 Å². The van der Waals surface area contributed by atoms with Crippen LogP contribution in [-0.4, -0.2) is 19.2 Å². The predicted octanol–water partition coefficient (Wildman–Crippen LogP) is 3.44. The molecule has 130 valence electrons. The van der Waals surface area contributed by atoms with Gasteiger partial charge in [-0.05, 0) is 29.3 Å². The van der Waals surface area contributed by atoms with Gasteiger partial charge in [0.1, 0.15) is 21.7 Å². The Morgan fingerprint density at radius 1 is 1.35 bits per heavy atom. The van der Waals surface area contributed by atoms with Gasteiger partial charge >= 0.3 is 0 Å². The van der Waals surface area contributed by atoms with Crippen molar-refractivity contribution in [2.45, 2.75) is 6.92 Å². The molecular weight excluding hydrogens is 348 g/mol. The highest BCUT2D eigenvalue weighted by atomic mass is 32.1. The van der Waals surface area contributed by atoms with E-state index in [1.54, 1.807) is 20.2 Å². The third-order valence-corrected chi connectivity index (χ3v) is 5.12. The highest BCUT2D eigenvalue weighted by Gasteiger charge is 2.18. The van der Waals surface area contributed by atoms with Gasteiger partial charge in [-0.25, -0.2) is 5.43 Å². The Balaban J connectivity index is 1.89. The lowest BCUT2D eigenvalue weighted by Crippen LogP contribution is -2.17. The Morgan fingerprint density at radius 2 is 2.12 bits per heavy atom. The monoisotopic (exact) mass is 364 g/mol. The highest BCUT2D eigenvalue weighted by molar-refractivity contribution is 7.18. The van der Waals surface area contributed by atoms with Gasteiger partial charge in [-0.2, -0.15) is 10.4 Å². The second-order valence-corrected chi connectivity index (χ2v) is 6.56. The Hall–Kier alpha value is -3.37. The fraction of sp³-hybridized carbons (Fsp3) is 0.105. The summed E-state index contributed by atoms with van der Waals surface area (Å²) in [5.74, 6) is 0.251. The molecule has 0 aliphatic carbocycles. The summed E-state index contributed by atoms with van der Waals surface area (Å²) in [4.78, 5) is 12.7. The van der Waals surface area contributed by atoms with Gasteiger partial charge < -0.3 is 10.5 Å². The molecular formula is C19H16N4O2S. The second-order valence-electron chi connectivity index (χ2n) is 5.51. The largest absolute Gasteiger partial charge is 0.496 e. The maximum Gasteiger partial charge on any atom is 0.281 e. The van der Waals surface area contributed by atoms with Gasteiger partial charge in [0.2, 0.25) is 0 Å². The van der Waals surface area contributed by atoms with Crippen molar-refractivity contribution in [3.05, 3.63) is 58.0 Å². The average molecular weight is 364 g/mol. The molecule has 7 heteroatoms. The number of carbonyl (C=O) groups excluding carboxylic acids is 1. The molecule has 3 aromatic rings. The Bertz CT molecular complexity index is 1060. The first-order chi connectivity index (χ1) is 12.6. The summed E-state index contributed by atoms with van der Waals surface area (Å²) in [6.45, 7) is 1.69. The van der Waals surface area contributed by atoms with Crippen LogP contribution in [0, 0.1) is 18.3 Å². The number of thiophene rings is 1. The summed E-state index contributed by atoms with van der Waals surface area (Å²) in [5, 5.41) is 15.5. The molecule has 0 radical (unpaired) electrons. The lowest BCUT2D eigenvalue weighted by molar-refractivity contribution is 0.0958. The average Bonchev–Trinajstić information content (AvgIpc) is 2.95. The van der Waals surface area contributed by atoms with Gasteiger partial charge in [0.05, 0.1) is 18.9 Å². The molecule has 0 unspecified atom stereocenters. The summed E-state index contributed by atoms with van der Waals surface area (Å²) in [6, 6.07) is 13.7. The van der Waals surface area contributed by atoms with Gasteiger partial charge in [-0.1, -0.05) is 30.3 Å². The minimum atomic E-state index is -0.406. The number of hydrogen-bond acceptors (Lipinski definition) is 6. The van der Waals surface area contributed by atoms with Gasteiger partial charge in [0.15, 0.2) is 0 Å². The van der Waals surface area contributed by atoms with Crippen molar-refractivity contribution in [1.29, 1.82) is 5.26 Å². The fourth-order valence-corrected chi connectivity index (χ4v) is 3.60. The van der Waals surface area contributed by atoms with E-state index in [1.165, 1.54) is 0 Å². The number of nitrogens with zero attached hydrogens (tertiary/aromatic N) is 2. The SMILES string of the molecule is COc1ccc2ccccc2c1/C=N\NC(=O)c1sc(N)c(C#N)c1C. The van der Waals surface area contributed by atoms with Crippen molar-refractivity contribution >= 4 is 39.2 Å². The normalized spacial score (nSPS) is 10.8. The Labute approximate surface area is 154 Å². The number of nitrogen functional groups attached to an aromatic ring is 1. The highest BCUT2D eigenvalue weighted by Crippen LogP contribution is 2.30. The van der Waals surface area contributed by atoms with Crippen LogP contribution in [-0.2, 0) is 0 Å². The predicted molar refractivity (Wildman–Crippen MR) is 104 cm³/mol. The molecule has 3 rings (SSSR count). The molecule has 1 heterocycles. The third-order valence-electron chi connectivity index (χ3n) is 4.00. The number of hydrogen-bond donors (Lipinski definition) is 2. The summed E-state index contributed by atoms with van der Waals surface area (Å²) < 4.78 is 5.39. The first kappa shape index (κ1) is 17.5. The maximum absolute atomic E-state index is 12.3. The molecule has 3 N–H and O–H groups in total. The van der Waals surface area contributed by atoms with Crippen LogP contribution in [0.2, 0.25) is 0 Å². The van der Waals surface area contributed by atoms with Crippen molar-refractivity contribution < 1.29 is 9.53 Å². The van der Waals surface area contributed by atoms with E-state index >= 15 is 0 Å². The smallest absolute Gasteiger partial charge is 0.281 e. The fourth-order valence-electron chi connectivity index (χ4n) is 2.68. The summed E-state index contributed by atoms with van der Waals surface area (Å²) in [6.07, 6.45) is 1.55. The number of anilines is 1. The van der Waals surface area contributed by atoms with Crippen LogP contribution in [0.25, 0.3) is 10.8 Å². The first-order valence-electron chi connectivity index (χ1n) is 7.75. The molecule has 1 aromatic heterocycles. The van der Waals surface area contributed by atoms with Crippen LogP contribution in [0.4, 0.5) is 5.00 Å². The molecule has 0 fully saturated rings. The molecule has 0 spiro atoms. The molecule has 1 amide bonds. The van der Waals surface area contributed by atoms with E-state index in [9.17, 15) is 4.79 Å². The van der Waals surface area contributed by atoms with Crippen molar-refractivity contribution in [3.63, 3.8) is 0 Å². The van der Waals surface area contributed by atoms with Crippen molar-refractivity contribution in [2.75, 3.05) is 12.8 Å². The number of rotatable bonds is 4. The third kappa shape index (κ3) is 3.10. The second kappa shape index (κ2) is 7.25. The van der Waals surface area contributed by atoms with Crippen LogP contribution >= 0.6 is 11.3 Å². The molecule has 0 aliphatic rings. The lowest BCUT2D eigenvalue weighted by Gasteiger charge is -2.08. The van der Waals surface area contributed by atoms with Crippen molar-refractivity contribution in [1.82, 2.24) is 5.43 Å². The van der Waals surface area contributed by atoms with Crippen LogP contribution in [0.5, 0.6) is 5.75 Å². The minimum absolute atomic E-state index is 0.329. The first-order valence-corrected chi connectivity index (χ1v) is 8.56. The number of methoxy groups -OCH3 is 1. The molecule has 0 saturated carbocycles. The number of fused-ring (bicyclic) bond motifs is 1. The van der Waals surface area contributed by atoms with Crippen LogP contribution < -0.4 is 15.9 Å². The van der Waals surface area contributed by atoms with E-state index in [1.807, 2.05) is 42.5 Å². The van der Waals surface area contributed by atoms with E-state index in [-0.39, 0.29) is 0 Å². The Kier molecular flexibility index (Phi) is 4.87. The van der Waals surface area contributed by atoms with E-state index < -0.39 is 5.91 Å². The number of carbonyl (C=O) groups is 1. The van der Waals surface area contributed by atoms with Crippen LogP contribution in [0.3, 0.4) is 0 Å². The minimum Gasteiger partial charge on any atom is -0.496 e. The van der Waals surface area contributed by atoms with Crippen molar-refractivity contribution in [3.8, 4) is 11.8 Å². The van der Waals surface area contributed by atoms with Gasteiger partial charge in [0, 0.05) is 5.56 Å². The van der Waals surface area contributed by atoms with Crippen LogP contribution in [0.15, 0.2) is 41.5 Å². The summed E-state index contributed by atoms with van der Waals surface area (Å²) in [7, 11) is 1.58. The van der Waals surface area contributed by atoms with Gasteiger partial charge in [0.25, 0.3) is 5.91 Å². The quantitative estimate of drug-likeness (QED) is 0.547. The number of benzene rings is 2. The number of nitrogens with two attached hydrogens (primary N) is 1. The summed E-state index contributed by atoms with van der Waals surface area (Å²) >= 11 is 1.07. The molecule has 0 saturated heterocycles. The van der Waals surface area contributed by atoms with Gasteiger partial charge in [-0.3, -0.25) is 4.79 Å². The number of nitrogens with one attached hydrogen (secondary N) is 1. The lowest BCUT2D eigenvalue weighted by atomic mass is 10.0. The number of hydrazone groups is 1. The zero-order valence-electron chi connectivity index (χ0n) is 14.2. The number of ether oxygens (including phenoxy) is 1. The van der Waals surface area contributed by atoms with Crippen molar-refractivity contribution in [2.24, 2.45) is 5.10 Å². The van der Waals surface area contributed by atoms with E-state index in [2.05, 4.69) is 10.5 Å².